The molecule has 0 spiro atoms. The van der Waals surface area contributed by atoms with Crippen LogP contribution in [0.3, 0.4) is 0 Å². The largest absolute Gasteiger partial charge is 0.472 e. The van der Waals surface area contributed by atoms with Crippen LogP contribution in [-0.2, 0) is 0 Å². The summed E-state index contributed by atoms with van der Waals surface area (Å²) >= 11 is 1.62. The normalized spacial score (nSPS) is 10.6. The van der Waals surface area contributed by atoms with Crippen molar-refractivity contribution in [3.05, 3.63) is 47.2 Å². The monoisotopic (exact) mass is 274 g/mol. The summed E-state index contributed by atoms with van der Waals surface area (Å²) in [6.07, 6.45) is 2.81. The molecule has 3 rings (SSSR count). The SMILES string of the molecule is Cc1ccc(-c2cc(NC(=O)c3ccoc3)on2)s1. The van der Waals surface area contributed by atoms with Gasteiger partial charge in [-0.15, -0.1) is 11.3 Å². The highest BCUT2D eigenvalue weighted by Gasteiger charge is 2.12. The van der Waals surface area contributed by atoms with E-state index in [-0.39, 0.29) is 5.91 Å². The lowest BCUT2D eigenvalue weighted by atomic mass is 10.3. The number of hydrogen-bond donors (Lipinski definition) is 1. The predicted octanol–water partition coefficient (Wildman–Crippen LogP) is 3.56. The maximum atomic E-state index is 11.8. The fourth-order valence-electron chi connectivity index (χ4n) is 1.60. The fourth-order valence-corrected chi connectivity index (χ4v) is 2.42. The lowest BCUT2D eigenvalue weighted by molar-refractivity contribution is 0.102. The van der Waals surface area contributed by atoms with E-state index in [1.807, 2.05) is 19.1 Å². The molecule has 0 bridgehead atoms. The third-order valence-electron chi connectivity index (χ3n) is 2.52. The molecule has 0 unspecified atom stereocenters. The molecule has 19 heavy (non-hydrogen) atoms. The van der Waals surface area contributed by atoms with E-state index in [0.29, 0.717) is 17.1 Å². The van der Waals surface area contributed by atoms with Gasteiger partial charge in [0.05, 0.1) is 16.7 Å². The molecule has 3 aromatic rings. The maximum absolute atomic E-state index is 11.8. The van der Waals surface area contributed by atoms with Crippen LogP contribution in [0, 0.1) is 6.92 Å². The highest BCUT2D eigenvalue weighted by molar-refractivity contribution is 7.15. The van der Waals surface area contributed by atoms with Gasteiger partial charge < -0.3 is 8.94 Å². The number of amides is 1. The van der Waals surface area contributed by atoms with Gasteiger partial charge in [0.25, 0.3) is 5.91 Å². The van der Waals surface area contributed by atoms with E-state index in [2.05, 4.69) is 10.5 Å². The zero-order valence-electron chi connectivity index (χ0n) is 10.0. The average Bonchev–Trinajstić information content (AvgIpc) is 3.07. The number of rotatable bonds is 3. The van der Waals surface area contributed by atoms with Crippen LogP contribution in [0.4, 0.5) is 5.88 Å². The summed E-state index contributed by atoms with van der Waals surface area (Å²) in [6.45, 7) is 2.02. The molecule has 3 heterocycles. The Hall–Kier alpha value is -2.34. The first-order valence-electron chi connectivity index (χ1n) is 5.59. The van der Waals surface area contributed by atoms with Crippen LogP contribution in [0.15, 0.2) is 45.7 Å². The van der Waals surface area contributed by atoms with Crippen molar-refractivity contribution in [1.82, 2.24) is 5.16 Å². The lowest BCUT2D eigenvalue weighted by Crippen LogP contribution is -2.09. The smallest absolute Gasteiger partial charge is 0.261 e. The lowest BCUT2D eigenvalue weighted by Gasteiger charge is -1.95. The Bertz CT molecular complexity index is 697. The van der Waals surface area contributed by atoms with Gasteiger partial charge in [-0.3, -0.25) is 10.1 Å². The first-order valence-corrected chi connectivity index (χ1v) is 6.41. The topological polar surface area (TPSA) is 68.3 Å². The van der Waals surface area contributed by atoms with E-state index in [9.17, 15) is 4.79 Å². The molecule has 0 saturated carbocycles. The molecule has 0 aliphatic rings. The van der Waals surface area contributed by atoms with Gasteiger partial charge in [-0.05, 0) is 25.1 Å². The van der Waals surface area contributed by atoms with Gasteiger partial charge in [0, 0.05) is 10.9 Å². The van der Waals surface area contributed by atoms with Crippen molar-refractivity contribution in [1.29, 1.82) is 0 Å². The second kappa shape index (κ2) is 4.74. The standard InChI is InChI=1S/C13H10N2O3S/c1-8-2-3-11(19-8)10-6-12(18-15-10)14-13(16)9-4-5-17-7-9/h2-7H,1H3,(H,14,16). The summed E-state index contributed by atoms with van der Waals surface area (Å²) in [5.74, 6) is 0.0195. The highest BCUT2D eigenvalue weighted by atomic mass is 32.1. The number of carbonyl (C=O) groups is 1. The number of nitrogens with one attached hydrogen (secondary N) is 1. The molecule has 0 aliphatic carbocycles. The number of carbonyl (C=O) groups excluding carboxylic acids is 1. The van der Waals surface area contributed by atoms with Crippen LogP contribution in [0.2, 0.25) is 0 Å². The third-order valence-corrected chi connectivity index (χ3v) is 3.55. The predicted molar refractivity (Wildman–Crippen MR) is 71.2 cm³/mol. The molecule has 96 valence electrons. The number of furan rings is 1. The Labute approximate surface area is 112 Å². The van der Waals surface area contributed by atoms with E-state index >= 15 is 0 Å². The fraction of sp³-hybridized carbons (Fsp3) is 0.0769. The van der Waals surface area contributed by atoms with Crippen LogP contribution in [-0.4, -0.2) is 11.1 Å². The molecule has 6 heteroatoms. The second-order valence-electron chi connectivity index (χ2n) is 3.95. The molecule has 0 aliphatic heterocycles. The zero-order chi connectivity index (χ0) is 13.2. The maximum Gasteiger partial charge on any atom is 0.261 e. The van der Waals surface area contributed by atoms with E-state index in [1.165, 1.54) is 17.4 Å². The van der Waals surface area contributed by atoms with Crippen LogP contribution in [0.25, 0.3) is 10.6 Å². The van der Waals surface area contributed by atoms with Crippen LogP contribution in [0.5, 0.6) is 0 Å². The van der Waals surface area contributed by atoms with Gasteiger partial charge >= 0.3 is 0 Å². The molecule has 0 atom stereocenters. The van der Waals surface area contributed by atoms with Crippen LogP contribution < -0.4 is 5.32 Å². The Kier molecular flexibility index (Phi) is 2.92. The van der Waals surface area contributed by atoms with Crippen molar-refractivity contribution in [3.63, 3.8) is 0 Å². The number of thiophene rings is 1. The quantitative estimate of drug-likeness (QED) is 0.793. The van der Waals surface area contributed by atoms with Crippen molar-refractivity contribution in [2.45, 2.75) is 6.92 Å². The molecule has 0 radical (unpaired) electrons. The molecule has 5 nitrogen and oxygen atoms in total. The van der Waals surface area contributed by atoms with Gasteiger partial charge in [-0.1, -0.05) is 5.16 Å². The average molecular weight is 274 g/mol. The third kappa shape index (κ3) is 2.43. The van der Waals surface area contributed by atoms with Gasteiger partial charge in [0.1, 0.15) is 12.0 Å². The minimum absolute atomic E-state index is 0.293. The number of anilines is 1. The number of aromatic nitrogens is 1. The van der Waals surface area contributed by atoms with Crippen LogP contribution >= 0.6 is 11.3 Å². The Morgan fingerprint density at radius 3 is 2.95 bits per heavy atom. The Morgan fingerprint density at radius 2 is 2.26 bits per heavy atom. The summed E-state index contributed by atoms with van der Waals surface area (Å²) in [5, 5.41) is 6.55. The molecule has 0 fully saturated rings. The molecule has 1 amide bonds. The van der Waals surface area contributed by atoms with Gasteiger partial charge in [0.2, 0.25) is 5.88 Å². The second-order valence-corrected chi connectivity index (χ2v) is 5.24. The summed E-state index contributed by atoms with van der Waals surface area (Å²) in [4.78, 5) is 14.0. The molecular weight excluding hydrogens is 264 g/mol. The van der Waals surface area contributed by atoms with Gasteiger partial charge in [-0.25, -0.2) is 0 Å². The number of aryl methyl sites for hydroxylation is 1. The summed E-state index contributed by atoms with van der Waals surface area (Å²) in [6, 6.07) is 7.26. The van der Waals surface area contributed by atoms with Crippen molar-refractivity contribution >= 4 is 23.1 Å². The summed E-state index contributed by atoms with van der Waals surface area (Å²) in [5.41, 5.74) is 1.14. The molecule has 3 aromatic heterocycles. The Morgan fingerprint density at radius 1 is 1.37 bits per heavy atom. The van der Waals surface area contributed by atoms with Gasteiger partial charge in [-0.2, -0.15) is 0 Å². The van der Waals surface area contributed by atoms with Crippen molar-refractivity contribution in [3.8, 4) is 10.6 Å². The zero-order valence-corrected chi connectivity index (χ0v) is 10.9. The van der Waals surface area contributed by atoms with E-state index < -0.39 is 0 Å². The molecule has 1 N–H and O–H groups in total. The number of hydrogen-bond acceptors (Lipinski definition) is 5. The highest BCUT2D eigenvalue weighted by Crippen LogP contribution is 2.28. The minimum atomic E-state index is -0.293. The van der Waals surface area contributed by atoms with Crippen LogP contribution in [0.1, 0.15) is 15.2 Å². The first kappa shape index (κ1) is 11.7. The summed E-state index contributed by atoms with van der Waals surface area (Å²) < 4.78 is 9.94. The van der Waals surface area contributed by atoms with E-state index in [1.54, 1.807) is 23.5 Å². The molecule has 0 aromatic carbocycles. The number of nitrogens with zero attached hydrogens (tertiary/aromatic N) is 1. The van der Waals surface area contributed by atoms with E-state index in [4.69, 9.17) is 8.94 Å². The van der Waals surface area contributed by atoms with E-state index in [0.717, 1.165) is 4.88 Å². The van der Waals surface area contributed by atoms with Crippen molar-refractivity contribution in [2.24, 2.45) is 0 Å². The summed E-state index contributed by atoms with van der Waals surface area (Å²) in [7, 11) is 0. The van der Waals surface area contributed by atoms with Crippen molar-refractivity contribution < 1.29 is 13.7 Å². The first-order chi connectivity index (χ1) is 9.22. The van der Waals surface area contributed by atoms with Crippen molar-refractivity contribution in [2.75, 3.05) is 5.32 Å². The Balaban J connectivity index is 1.77. The molecular formula is C13H10N2O3S. The van der Waals surface area contributed by atoms with Gasteiger partial charge in [0.15, 0.2) is 0 Å². The minimum Gasteiger partial charge on any atom is -0.472 e. The molecule has 0 saturated heterocycles.